The van der Waals surface area contributed by atoms with Crippen LogP contribution in [-0.2, 0) is 11.3 Å². The second-order valence-corrected chi connectivity index (χ2v) is 8.59. The number of ether oxygens (including phenoxy) is 2. The Morgan fingerprint density at radius 3 is 2.29 bits per heavy atom. The molecule has 0 saturated carbocycles. The lowest BCUT2D eigenvalue weighted by atomic mass is 10.0. The predicted molar refractivity (Wildman–Crippen MR) is 111 cm³/mol. The fraction of sp³-hybridized carbons (Fsp3) is 0.500. The summed E-state index contributed by atoms with van der Waals surface area (Å²) in [6.07, 6.45) is 3.45. The molecular weight excluding hydrogens is 348 g/mol. The van der Waals surface area contributed by atoms with Gasteiger partial charge in [-0.05, 0) is 38.1 Å². The summed E-state index contributed by atoms with van der Waals surface area (Å²) in [5.74, 6) is 1.82. The smallest absolute Gasteiger partial charge is 0.127 e. The van der Waals surface area contributed by atoms with Gasteiger partial charge in [-0.1, -0.05) is 30.3 Å². The molecule has 4 heteroatoms. The van der Waals surface area contributed by atoms with Crippen LogP contribution >= 0.6 is 0 Å². The highest BCUT2D eigenvalue weighted by molar-refractivity contribution is 5.33. The van der Waals surface area contributed by atoms with E-state index in [1.165, 1.54) is 44.6 Å². The van der Waals surface area contributed by atoms with Crippen LogP contribution in [0.15, 0.2) is 54.6 Å². The van der Waals surface area contributed by atoms with Crippen molar-refractivity contribution >= 4 is 0 Å². The number of nitrogens with one attached hydrogen (secondary N) is 2. The SMILES string of the molecule is C[C@@H]1C[NH+](C2CC[NH+](Cc3cccc(Oc4ccccc4)c3)CC2)C[C@@H](C)O1. The van der Waals surface area contributed by atoms with Crippen LogP contribution in [0.4, 0.5) is 0 Å². The number of likely N-dealkylation sites (tertiary alicyclic amines) is 1. The van der Waals surface area contributed by atoms with E-state index in [9.17, 15) is 0 Å². The van der Waals surface area contributed by atoms with Gasteiger partial charge in [-0.25, -0.2) is 0 Å². The average molecular weight is 383 g/mol. The molecule has 2 atom stereocenters. The third kappa shape index (κ3) is 5.13. The van der Waals surface area contributed by atoms with E-state index in [1.807, 2.05) is 36.4 Å². The summed E-state index contributed by atoms with van der Waals surface area (Å²) in [6.45, 7) is 10.4. The van der Waals surface area contributed by atoms with Crippen molar-refractivity contribution in [2.24, 2.45) is 0 Å². The second kappa shape index (κ2) is 9.08. The van der Waals surface area contributed by atoms with Gasteiger partial charge in [0.2, 0.25) is 0 Å². The lowest BCUT2D eigenvalue weighted by Gasteiger charge is -2.39. The Morgan fingerprint density at radius 1 is 0.893 bits per heavy atom. The highest BCUT2D eigenvalue weighted by Gasteiger charge is 2.35. The first-order valence-corrected chi connectivity index (χ1v) is 10.8. The Morgan fingerprint density at radius 2 is 1.57 bits per heavy atom. The van der Waals surface area contributed by atoms with Gasteiger partial charge >= 0.3 is 0 Å². The third-order valence-electron chi connectivity index (χ3n) is 6.17. The van der Waals surface area contributed by atoms with Crippen molar-refractivity contribution in [3.05, 3.63) is 60.2 Å². The Balaban J connectivity index is 1.29. The first-order chi connectivity index (χ1) is 13.7. The number of morpholine rings is 1. The van der Waals surface area contributed by atoms with Gasteiger partial charge in [0.1, 0.15) is 43.3 Å². The minimum atomic E-state index is 0.400. The molecule has 4 nitrogen and oxygen atoms in total. The minimum absolute atomic E-state index is 0.400. The maximum atomic E-state index is 6.00. The largest absolute Gasteiger partial charge is 0.457 e. The van der Waals surface area contributed by atoms with Crippen LogP contribution in [0, 0.1) is 0 Å². The van der Waals surface area contributed by atoms with E-state index in [4.69, 9.17) is 9.47 Å². The summed E-state index contributed by atoms with van der Waals surface area (Å²) in [4.78, 5) is 3.46. The average Bonchev–Trinajstić information content (AvgIpc) is 2.69. The fourth-order valence-electron chi connectivity index (χ4n) is 4.89. The molecule has 0 aromatic heterocycles. The predicted octanol–water partition coefficient (Wildman–Crippen LogP) is 1.72. The summed E-state index contributed by atoms with van der Waals surface area (Å²) in [5, 5.41) is 0. The van der Waals surface area contributed by atoms with Gasteiger partial charge in [0.05, 0.1) is 19.1 Å². The maximum absolute atomic E-state index is 6.00. The molecule has 0 bridgehead atoms. The third-order valence-corrected chi connectivity index (χ3v) is 6.17. The van der Waals surface area contributed by atoms with Crippen molar-refractivity contribution in [2.45, 2.75) is 51.5 Å². The lowest BCUT2D eigenvalue weighted by Crippen LogP contribution is -3.22. The first kappa shape index (κ1) is 19.4. The number of hydrogen-bond donors (Lipinski definition) is 2. The Kier molecular flexibility index (Phi) is 6.30. The van der Waals surface area contributed by atoms with Crippen molar-refractivity contribution in [1.29, 1.82) is 0 Å². The molecule has 2 fully saturated rings. The van der Waals surface area contributed by atoms with Gasteiger partial charge in [0.25, 0.3) is 0 Å². The molecule has 2 N–H and O–H groups in total. The van der Waals surface area contributed by atoms with Crippen LogP contribution in [0.5, 0.6) is 11.5 Å². The second-order valence-electron chi connectivity index (χ2n) is 8.59. The monoisotopic (exact) mass is 382 g/mol. The number of benzene rings is 2. The molecule has 2 aliphatic rings. The van der Waals surface area contributed by atoms with E-state index in [1.54, 1.807) is 9.80 Å². The lowest BCUT2D eigenvalue weighted by molar-refractivity contribution is -0.970. The first-order valence-electron chi connectivity index (χ1n) is 10.8. The topological polar surface area (TPSA) is 27.3 Å². The Labute approximate surface area is 169 Å². The van der Waals surface area contributed by atoms with Crippen LogP contribution in [0.1, 0.15) is 32.3 Å². The summed E-state index contributed by atoms with van der Waals surface area (Å²) in [7, 11) is 0. The van der Waals surface area contributed by atoms with Crippen LogP contribution in [0.2, 0.25) is 0 Å². The number of para-hydroxylation sites is 1. The van der Waals surface area contributed by atoms with Crippen LogP contribution < -0.4 is 14.5 Å². The molecule has 150 valence electrons. The van der Waals surface area contributed by atoms with Crippen molar-refractivity contribution in [3.8, 4) is 11.5 Å². The molecule has 4 rings (SSSR count). The van der Waals surface area contributed by atoms with E-state index in [2.05, 4.69) is 32.0 Å². The fourth-order valence-corrected chi connectivity index (χ4v) is 4.89. The summed E-state index contributed by atoms with van der Waals surface area (Å²) in [6, 6.07) is 19.4. The Bertz CT molecular complexity index is 733. The van der Waals surface area contributed by atoms with E-state index >= 15 is 0 Å². The van der Waals surface area contributed by atoms with Crippen molar-refractivity contribution < 1.29 is 19.3 Å². The van der Waals surface area contributed by atoms with E-state index in [0.29, 0.717) is 12.2 Å². The quantitative estimate of drug-likeness (QED) is 0.824. The normalized spacial score (nSPS) is 30.7. The molecule has 0 aliphatic carbocycles. The van der Waals surface area contributed by atoms with Gasteiger partial charge in [0.15, 0.2) is 0 Å². The van der Waals surface area contributed by atoms with Crippen molar-refractivity contribution in [3.63, 3.8) is 0 Å². The van der Waals surface area contributed by atoms with Crippen LogP contribution in [0.3, 0.4) is 0 Å². The van der Waals surface area contributed by atoms with Gasteiger partial charge < -0.3 is 19.3 Å². The van der Waals surface area contributed by atoms with Gasteiger partial charge in [0, 0.05) is 18.4 Å². The van der Waals surface area contributed by atoms with Gasteiger partial charge in [-0.2, -0.15) is 0 Å². The molecule has 0 spiro atoms. The number of rotatable bonds is 5. The molecule has 0 amide bonds. The zero-order valence-electron chi connectivity index (χ0n) is 17.2. The molecule has 2 aromatic carbocycles. The van der Waals surface area contributed by atoms with Crippen LogP contribution in [-0.4, -0.2) is 44.4 Å². The number of hydrogen-bond acceptors (Lipinski definition) is 2. The van der Waals surface area contributed by atoms with E-state index < -0.39 is 0 Å². The Hall–Kier alpha value is -1.88. The van der Waals surface area contributed by atoms with Gasteiger partial charge in [-0.15, -0.1) is 0 Å². The number of quaternary nitrogens is 2. The van der Waals surface area contributed by atoms with Crippen molar-refractivity contribution in [1.82, 2.24) is 0 Å². The zero-order chi connectivity index (χ0) is 19.3. The van der Waals surface area contributed by atoms with E-state index in [0.717, 1.165) is 24.1 Å². The highest BCUT2D eigenvalue weighted by atomic mass is 16.5. The molecule has 28 heavy (non-hydrogen) atoms. The molecule has 0 unspecified atom stereocenters. The molecule has 2 aromatic rings. The van der Waals surface area contributed by atoms with Crippen molar-refractivity contribution in [2.75, 3.05) is 26.2 Å². The summed E-state index contributed by atoms with van der Waals surface area (Å²) < 4.78 is 11.9. The molecular formula is C24H34N2O2+2. The van der Waals surface area contributed by atoms with Gasteiger partial charge in [-0.3, -0.25) is 0 Å². The molecule has 0 radical (unpaired) electrons. The summed E-state index contributed by atoms with van der Waals surface area (Å²) >= 11 is 0. The molecule has 2 aliphatic heterocycles. The van der Waals surface area contributed by atoms with E-state index in [-0.39, 0.29) is 0 Å². The highest BCUT2D eigenvalue weighted by Crippen LogP contribution is 2.21. The number of piperidine rings is 1. The zero-order valence-corrected chi connectivity index (χ0v) is 17.2. The minimum Gasteiger partial charge on any atom is -0.457 e. The molecule has 2 heterocycles. The standard InChI is InChI=1S/C24H32N2O2/c1-19-16-26(17-20(2)27-19)22-11-13-25(14-12-22)18-21-7-6-10-24(15-21)28-23-8-4-3-5-9-23/h3-10,15,19-20,22H,11-14,16-18H2,1-2H3/p+2/t19-,20-/m1/s1. The molecule has 2 saturated heterocycles. The summed E-state index contributed by atoms with van der Waals surface area (Å²) in [5.41, 5.74) is 1.36. The van der Waals surface area contributed by atoms with Crippen LogP contribution in [0.25, 0.3) is 0 Å². The maximum Gasteiger partial charge on any atom is 0.127 e.